The lowest BCUT2D eigenvalue weighted by atomic mass is 10.0. The molecule has 0 N–H and O–H groups in total. The van der Waals surface area contributed by atoms with Crippen LogP contribution in [0.5, 0.6) is 0 Å². The molecule has 1 aromatic carbocycles. The maximum absolute atomic E-state index is 12.4. The van der Waals surface area contributed by atoms with E-state index in [2.05, 4.69) is 0 Å². The van der Waals surface area contributed by atoms with Crippen LogP contribution >= 0.6 is 34.5 Å². The third-order valence-electron chi connectivity index (χ3n) is 2.76. The van der Waals surface area contributed by atoms with Gasteiger partial charge in [0.2, 0.25) is 5.78 Å². The predicted octanol–water partition coefficient (Wildman–Crippen LogP) is 4.44. The highest BCUT2D eigenvalue weighted by Crippen LogP contribution is 2.17. The molecule has 0 saturated carbocycles. The summed E-state index contributed by atoms with van der Waals surface area (Å²) in [6, 6.07) is 9.84. The van der Waals surface area contributed by atoms with Gasteiger partial charge in [-0.2, -0.15) is 0 Å². The smallest absolute Gasteiger partial charge is 0.349 e. The lowest BCUT2D eigenvalue weighted by Gasteiger charge is -2.15. The van der Waals surface area contributed by atoms with Crippen molar-refractivity contribution in [1.29, 1.82) is 0 Å². The molecule has 0 aliphatic carbocycles. The van der Waals surface area contributed by atoms with E-state index < -0.39 is 12.1 Å². The first-order chi connectivity index (χ1) is 10.1. The van der Waals surface area contributed by atoms with Crippen molar-refractivity contribution in [1.82, 2.24) is 0 Å². The van der Waals surface area contributed by atoms with Crippen molar-refractivity contribution < 1.29 is 14.3 Å². The number of thiophene rings is 1. The second kappa shape index (κ2) is 7.59. The van der Waals surface area contributed by atoms with Gasteiger partial charge in [0.25, 0.3) is 0 Å². The monoisotopic (exact) mass is 342 g/mol. The van der Waals surface area contributed by atoms with E-state index in [9.17, 15) is 9.59 Å². The first kappa shape index (κ1) is 16.0. The summed E-state index contributed by atoms with van der Waals surface area (Å²) in [5.74, 6) is -0.568. The maximum Gasteiger partial charge on any atom is 0.349 e. The number of ether oxygens (including phenoxy) is 1. The number of hydrogen-bond acceptors (Lipinski definition) is 4. The fourth-order valence-corrected chi connectivity index (χ4v) is 2.65. The Balaban J connectivity index is 2.12. The van der Waals surface area contributed by atoms with E-state index in [1.807, 2.05) is 0 Å². The number of benzene rings is 1. The SMILES string of the molecule is O=C(OC(CCCl)C(=O)c1ccc(Cl)cc1)c1cccs1. The summed E-state index contributed by atoms with van der Waals surface area (Å²) in [6.07, 6.45) is -0.626. The number of halogens is 2. The fourth-order valence-electron chi connectivity index (χ4n) is 1.72. The number of carbonyl (C=O) groups excluding carboxylic acids is 2. The molecule has 1 aromatic heterocycles. The molecule has 110 valence electrons. The van der Waals surface area contributed by atoms with Gasteiger partial charge >= 0.3 is 5.97 Å². The molecule has 6 heteroatoms. The average Bonchev–Trinajstić information content (AvgIpc) is 3.01. The summed E-state index contributed by atoms with van der Waals surface area (Å²) >= 11 is 12.8. The second-order valence-corrected chi connectivity index (χ2v) is 5.98. The van der Waals surface area contributed by atoms with Crippen molar-refractivity contribution in [3.05, 3.63) is 57.2 Å². The molecule has 0 spiro atoms. The van der Waals surface area contributed by atoms with Gasteiger partial charge < -0.3 is 4.74 Å². The average molecular weight is 343 g/mol. The molecule has 1 unspecified atom stereocenters. The zero-order valence-electron chi connectivity index (χ0n) is 10.9. The molecule has 1 atom stereocenters. The fraction of sp³-hybridized carbons (Fsp3) is 0.200. The molecule has 0 fully saturated rings. The lowest BCUT2D eigenvalue weighted by molar-refractivity contribution is 0.0283. The molecule has 3 nitrogen and oxygen atoms in total. The summed E-state index contributed by atoms with van der Waals surface area (Å²) in [6.45, 7) is 0. The van der Waals surface area contributed by atoms with Crippen LogP contribution in [0.1, 0.15) is 26.5 Å². The van der Waals surface area contributed by atoms with Gasteiger partial charge in [0, 0.05) is 22.9 Å². The van der Waals surface area contributed by atoms with Gasteiger partial charge in [-0.25, -0.2) is 4.79 Å². The second-order valence-electron chi connectivity index (χ2n) is 4.22. The standard InChI is InChI=1S/C15H12Cl2O3S/c16-8-7-12(20-15(19)13-2-1-9-21-13)14(18)10-3-5-11(17)6-4-10/h1-6,9,12H,7-8H2. The zero-order valence-corrected chi connectivity index (χ0v) is 13.3. The Labute approximate surface area is 136 Å². The van der Waals surface area contributed by atoms with Crippen LogP contribution in [0.15, 0.2) is 41.8 Å². The van der Waals surface area contributed by atoms with Gasteiger partial charge in [-0.05, 0) is 35.7 Å². The molecular formula is C15H12Cl2O3S. The van der Waals surface area contributed by atoms with Gasteiger partial charge in [0.05, 0.1) is 0 Å². The normalized spacial score (nSPS) is 11.9. The van der Waals surface area contributed by atoms with Crippen LogP contribution in [-0.2, 0) is 4.74 Å². The van der Waals surface area contributed by atoms with E-state index in [1.165, 1.54) is 11.3 Å². The molecular weight excluding hydrogens is 331 g/mol. The van der Waals surface area contributed by atoms with Gasteiger partial charge in [0.15, 0.2) is 6.10 Å². The van der Waals surface area contributed by atoms with Crippen molar-refractivity contribution >= 4 is 46.3 Å². The van der Waals surface area contributed by atoms with E-state index in [0.29, 0.717) is 15.5 Å². The predicted molar refractivity (Wildman–Crippen MR) is 84.6 cm³/mol. The summed E-state index contributed by atoms with van der Waals surface area (Å²) in [5.41, 5.74) is 0.438. The van der Waals surface area contributed by atoms with E-state index in [-0.39, 0.29) is 18.1 Å². The summed E-state index contributed by atoms with van der Waals surface area (Å²) in [4.78, 5) is 24.8. The third-order valence-corrected chi connectivity index (χ3v) is 4.08. The Morgan fingerprint density at radius 2 is 1.90 bits per heavy atom. The van der Waals surface area contributed by atoms with Gasteiger partial charge in [0.1, 0.15) is 4.88 Å². The van der Waals surface area contributed by atoms with Gasteiger partial charge in [-0.3, -0.25) is 4.79 Å². The molecule has 0 radical (unpaired) electrons. The van der Waals surface area contributed by atoms with Crippen LogP contribution in [0.2, 0.25) is 5.02 Å². The zero-order chi connectivity index (χ0) is 15.2. The Hall–Kier alpha value is -1.36. The van der Waals surface area contributed by atoms with Crippen LogP contribution < -0.4 is 0 Å². The first-order valence-electron chi connectivity index (χ1n) is 6.22. The van der Waals surface area contributed by atoms with Crippen molar-refractivity contribution in [2.45, 2.75) is 12.5 Å². The van der Waals surface area contributed by atoms with Crippen LogP contribution in [0.25, 0.3) is 0 Å². The van der Waals surface area contributed by atoms with Crippen molar-refractivity contribution in [3.63, 3.8) is 0 Å². The Morgan fingerprint density at radius 3 is 2.48 bits per heavy atom. The number of alkyl halides is 1. The highest BCUT2D eigenvalue weighted by Gasteiger charge is 2.24. The molecule has 0 aliphatic heterocycles. The number of Topliss-reactive ketones (excluding diaryl/α,β-unsaturated/α-hetero) is 1. The molecule has 2 aromatic rings. The Bertz CT molecular complexity index is 608. The number of carbonyl (C=O) groups is 2. The highest BCUT2D eigenvalue weighted by atomic mass is 35.5. The molecule has 2 rings (SSSR count). The molecule has 21 heavy (non-hydrogen) atoms. The largest absolute Gasteiger partial charge is 0.450 e. The lowest BCUT2D eigenvalue weighted by Crippen LogP contribution is -2.27. The number of esters is 1. The minimum atomic E-state index is -0.890. The third kappa shape index (κ3) is 4.30. The topological polar surface area (TPSA) is 43.4 Å². The molecule has 0 amide bonds. The Kier molecular flexibility index (Phi) is 5.79. The summed E-state index contributed by atoms with van der Waals surface area (Å²) in [5, 5.41) is 2.31. The van der Waals surface area contributed by atoms with E-state index in [4.69, 9.17) is 27.9 Å². The van der Waals surface area contributed by atoms with Crippen LogP contribution in [0, 0.1) is 0 Å². The van der Waals surface area contributed by atoms with Crippen LogP contribution in [-0.4, -0.2) is 23.7 Å². The van der Waals surface area contributed by atoms with E-state index >= 15 is 0 Å². The van der Waals surface area contributed by atoms with Crippen molar-refractivity contribution in [3.8, 4) is 0 Å². The summed E-state index contributed by atoms with van der Waals surface area (Å²) < 4.78 is 5.29. The van der Waals surface area contributed by atoms with Gasteiger partial charge in [-0.15, -0.1) is 22.9 Å². The van der Waals surface area contributed by atoms with Crippen molar-refractivity contribution in [2.24, 2.45) is 0 Å². The minimum absolute atomic E-state index is 0.224. The maximum atomic E-state index is 12.4. The Morgan fingerprint density at radius 1 is 1.19 bits per heavy atom. The number of ketones is 1. The van der Waals surface area contributed by atoms with E-state index in [0.717, 1.165) is 0 Å². The number of rotatable bonds is 6. The van der Waals surface area contributed by atoms with Crippen molar-refractivity contribution in [2.75, 3.05) is 5.88 Å². The summed E-state index contributed by atoms with van der Waals surface area (Å²) in [7, 11) is 0. The highest BCUT2D eigenvalue weighted by molar-refractivity contribution is 7.11. The first-order valence-corrected chi connectivity index (χ1v) is 8.01. The molecule has 0 aliphatic rings. The molecule has 1 heterocycles. The molecule has 0 saturated heterocycles. The number of hydrogen-bond donors (Lipinski definition) is 0. The minimum Gasteiger partial charge on any atom is -0.450 e. The van der Waals surface area contributed by atoms with Gasteiger partial charge in [-0.1, -0.05) is 17.7 Å². The van der Waals surface area contributed by atoms with Crippen LogP contribution in [0.3, 0.4) is 0 Å². The molecule has 0 bridgehead atoms. The quantitative estimate of drug-likeness (QED) is 0.442. The van der Waals surface area contributed by atoms with Crippen LogP contribution in [0.4, 0.5) is 0 Å². The van der Waals surface area contributed by atoms with E-state index in [1.54, 1.807) is 41.8 Å².